The Bertz CT molecular complexity index is 326. The molecular weight excluding hydrogens is 174 g/mol. The molecule has 0 aliphatic carbocycles. The second-order valence-electron chi connectivity index (χ2n) is 4.19. The lowest BCUT2D eigenvalue weighted by Crippen LogP contribution is -2.25. The maximum Gasteiger partial charge on any atom is 0.111 e. The molecule has 0 spiro atoms. The van der Waals surface area contributed by atoms with Gasteiger partial charge in [0.15, 0.2) is 0 Å². The Morgan fingerprint density at radius 1 is 1.50 bits per heavy atom. The van der Waals surface area contributed by atoms with Crippen LogP contribution in [0.5, 0.6) is 0 Å². The minimum absolute atomic E-state index is 0.528. The van der Waals surface area contributed by atoms with Crippen molar-refractivity contribution in [1.29, 1.82) is 0 Å². The Balaban J connectivity index is 2.46. The van der Waals surface area contributed by atoms with E-state index < -0.39 is 0 Å². The molecule has 0 saturated heterocycles. The molecule has 1 aliphatic heterocycles. The van der Waals surface area contributed by atoms with Crippen LogP contribution in [0.1, 0.15) is 43.9 Å². The van der Waals surface area contributed by atoms with Crippen LogP contribution < -0.4 is 5.32 Å². The quantitative estimate of drug-likeness (QED) is 0.774. The first-order valence-electron chi connectivity index (χ1n) is 5.53. The number of nitrogens with zero attached hydrogens (tertiary/aromatic N) is 2. The number of nitrogens with one attached hydrogen (secondary N) is 1. The molecule has 1 N–H and O–H groups in total. The Labute approximate surface area is 85.5 Å². The summed E-state index contributed by atoms with van der Waals surface area (Å²) < 4.78 is 2.37. The average Bonchev–Trinajstić information content (AvgIpc) is 2.56. The fourth-order valence-corrected chi connectivity index (χ4v) is 2.16. The van der Waals surface area contributed by atoms with Gasteiger partial charge in [-0.1, -0.05) is 13.8 Å². The summed E-state index contributed by atoms with van der Waals surface area (Å²) in [5.74, 6) is 1.78. The van der Waals surface area contributed by atoms with E-state index in [-0.39, 0.29) is 0 Å². The van der Waals surface area contributed by atoms with E-state index in [0.717, 1.165) is 26.1 Å². The standard InChI is InChI=1S/C11H19N3/c1-4-14-10-7-12-6-5-9(10)13-11(14)8(2)3/h8,12H,4-7H2,1-3H3. The zero-order valence-corrected chi connectivity index (χ0v) is 9.30. The molecule has 0 unspecified atom stereocenters. The summed E-state index contributed by atoms with van der Waals surface area (Å²) in [6.45, 7) is 9.73. The van der Waals surface area contributed by atoms with Crippen molar-refractivity contribution in [3.8, 4) is 0 Å². The van der Waals surface area contributed by atoms with Crippen molar-refractivity contribution in [3.05, 3.63) is 17.2 Å². The van der Waals surface area contributed by atoms with E-state index in [0.29, 0.717) is 5.92 Å². The Hall–Kier alpha value is -0.830. The molecule has 2 rings (SSSR count). The van der Waals surface area contributed by atoms with Crippen molar-refractivity contribution >= 4 is 0 Å². The van der Waals surface area contributed by atoms with Gasteiger partial charge in [-0.3, -0.25) is 0 Å². The van der Waals surface area contributed by atoms with Gasteiger partial charge >= 0.3 is 0 Å². The normalized spacial score (nSPS) is 16.0. The largest absolute Gasteiger partial charge is 0.331 e. The summed E-state index contributed by atoms with van der Waals surface area (Å²) in [6.07, 6.45) is 1.09. The number of imidazole rings is 1. The smallest absolute Gasteiger partial charge is 0.111 e. The summed E-state index contributed by atoms with van der Waals surface area (Å²) >= 11 is 0. The van der Waals surface area contributed by atoms with Crippen molar-refractivity contribution in [2.24, 2.45) is 0 Å². The van der Waals surface area contributed by atoms with Crippen LogP contribution in [-0.4, -0.2) is 16.1 Å². The highest BCUT2D eigenvalue weighted by atomic mass is 15.1. The molecule has 0 fully saturated rings. The van der Waals surface area contributed by atoms with E-state index in [9.17, 15) is 0 Å². The van der Waals surface area contributed by atoms with Crippen molar-refractivity contribution in [3.63, 3.8) is 0 Å². The van der Waals surface area contributed by atoms with E-state index in [1.165, 1.54) is 17.2 Å². The van der Waals surface area contributed by atoms with Gasteiger partial charge < -0.3 is 9.88 Å². The molecule has 1 aromatic rings. The molecule has 3 nitrogen and oxygen atoms in total. The Morgan fingerprint density at radius 2 is 2.29 bits per heavy atom. The molecule has 0 saturated carbocycles. The summed E-state index contributed by atoms with van der Waals surface area (Å²) in [4.78, 5) is 4.74. The second-order valence-corrected chi connectivity index (χ2v) is 4.19. The maximum atomic E-state index is 4.74. The molecule has 0 aromatic carbocycles. The van der Waals surface area contributed by atoms with Crippen LogP contribution in [0.3, 0.4) is 0 Å². The van der Waals surface area contributed by atoms with Gasteiger partial charge in [-0.25, -0.2) is 4.98 Å². The average molecular weight is 193 g/mol. The first-order chi connectivity index (χ1) is 6.74. The van der Waals surface area contributed by atoms with Crippen molar-refractivity contribution < 1.29 is 0 Å². The van der Waals surface area contributed by atoms with Crippen LogP contribution in [0.25, 0.3) is 0 Å². The monoisotopic (exact) mass is 193 g/mol. The van der Waals surface area contributed by atoms with Gasteiger partial charge in [0, 0.05) is 32.0 Å². The van der Waals surface area contributed by atoms with E-state index in [1.807, 2.05) is 0 Å². The van der Waals surface area contributed by atoms with Crippen LogP contribution >= 0.6 is 0 Å². The number of hydrogen-bond acceptors (Lipinski definition) is 2. The lowest BCUT2D eigenvalue weighted by molar-refractivity contribution is 0.573. The van der Waals surface area contributed by atoms with Gasteiger partial charge in [-0.2, -0.15) is 0 Å². The lowest BCUT2D eigenvalue weighted by atomic mass is 10.2. The third-order valence-corrected chi connectivity index (χ3v) is 2.85. The Kier molecular flexibility index (Phi) is 2.59. The number of rotatable bonds is 2. The van der Waals surface area contributed by atoms with Gasteiger partial charge in [0.25, 0.3) is 0 Å². The fraction of sp³-hybridized carbons (Fsp3) is 0.727. The summed E-state index contributed by atoms with van der Waals surface area (Å²) in [6, 6.07) is 0. The first-order valence-corrected chi connectivity index (χ1v) is 5.53. The van der Waals surface area contributed by atoms with Crippen molar-refractivity contribution in [1.82, 2.24) is 14.9 Å². The highest BCUT2D eigenvalue weighted by Crippen LogP contribution is 2.21. The van der Waals surface area contributed by atoms with Crippen molar-refractivity contribution in [2.75, 3.05) is 6.54 Å². The lowest BCUT2D eigenvalue weighted by Gasteiger charge is -2.15. The maximum absolute atomic E-state index is 4.74. The molecule has 2 heterocycles. The predicted molar refractivity (Wildman–Crippen MR) is 57.4 cm³/mol. The summed E-state index contributed by atoms with van der Waals surface area (Å²) in [5, 5.41) is 3.41. The molecule has 14 heavy (non-hydrogen) atoms. The second kappa shape index (κ2) is 3.73. The molecule has 3 heteroatoms. The van der Waals surface area contributed by atoms with Crippen LogP contribution in [-0.2, 0) is 19.5 Å². The number of fused-ring (bicyclic) bond motifs is 1. The van der Waals surface area contributed by atoms with Crippen LogP contribution in [0.2, 0.25) is 0 Å². The SMILES string of the molecule is CCn1c(C(C)C)nc2c1CNCC2. The van der Waals surface area contributed by atoms with E-state index in [2.05, 4.69) is 30.7 Å². The summed E-state index contributed by atoms with van der Waals surface area (Å²) in [7, 11) is 0. The molecule has 0 atom stereocenters. The van der Waals surface area contributed by atoms with Gasteiger partial charge in [0.1, 0.15) is 5.82 Å². The van der Waals surface area contributed by atoms with Crippen molar-refractivity contribution in [2.45, 2.75) is 46.2 Å². The van der Waals surface area contributed by atoms with Gasteiger partial charge in [0.05, 0.1) is 11.4 Å². The first kappa shape index (κ1) is 9.71. The topological polar surface area (TPSA) is 29.9 Å². The summed E-state index contributed by atoms with van der Waals surface area (Å²) in [5.41, 5.74) is 2.72. The van der Waals surface area contributed by atoms with Gasteiger partial charge in [-0.05, 0) is 6.92 Å². The number of hydrogen-bond donors (Lipinski definition) is 1. The fourth-order valence-electron chi connectivity index (χ4n) is 2.16. The van der Waals surface area contributed by atoms with Crippen LogP contribution in [0.15, 0.2) is 0 Å². The van der Waals surface area contributed by atoms with Crippen LogP contribution in [0.4, 0.5) is 0 Å². The highest BCUT2D eigenvalue weighted by Gasteiger charge is 2.19. The molecule has 0 radical (unpaired) electrons. The zero-order valence-electron chi connectivity index (χ0n) is 9.30. The van der Waals surface area contributed by atoms with E-state index >= 15 is 0 Å². The highest BCUT2D eigenvalue weighted by molar-refractivity contribution is 5.21. The van der Waals surface area contributed by atoms with Gasteiger partial charge in [-0.15, -0.1) is 0 Å². The van der Waals surface area contributed by atoms with E-state index in [1.54, 1.807) is 0 Å². The molecule has 0 bridgehead atoms. The third-order valence-electron chi connectivity index (χ3n) is 2.85. The minimum atomic E-state index is 0.528. The molecular formula is C11H19N3. The minimum Gasteiger partial charge on any atom is -0.331 e. The molecule has 1 aromatic heterocycles. The van der Waals surface area contributed by atoms with Crippen LogP contribution in [0, 0.1) is 0 Å². The van der Waals surface area contributed by atoms with E-state index in [4.69, 9.17) is 4.98 Å². The predicted octanol–water partition coefficient (Wildman–Crippen LogP) is 1.67. The molecule has 1 aliphatic rings. The molecule has 0 amide bonds. The zero-order chi connectivity index (χ0) is 10.1. The number of aromatic nitrogens is 2. The van der Waals surface area contributed by atoms with Gasteiger partial charge in [0.2, 0.25) is 0 Å². The third kappa shape index (κ3) is 1.46. The molecule has 78 valence electrons. The Morgan fingerprint density at radius 3 is 2.93 bits per heavy atom.